The Morgan fingerprint density at radius 3 is 2.66 bits per heavy atom. The highest BCUT2D eigenvalue weighted by molar-refractivity contribution is 6.02. The lowest BCUT2D eigenvalue weighted by Crippen LogP contribution is -2.43. The lowest BCUT2D eigenvalue weighted by atomic mass is 9.97. The van der Waals surface area contributed by atoms with Crippen LogP contribution in [0.1, 0.15) is 33.4 Å². The summed E-state index contributed by atoms with van der Waals surface area (Å²) in [5.74, 6) is 0.101. The van der Waals surface area contributed by atoms with E-state index in [9.17, 15) is 9.59 Å². The number of pyridine rings is 1. The molecule has 0 unspecified atom stereocenters. The zero-order chi connectivity index (χ0) is 22.7. The first-order chi connectivity index (χ1) is 15.6. The maximum Gasteiger partial charge on any atom is 0.340 e. The normalized spacial score (nSPS) is 15.0. The molecule has 2 amide bonds. The number of esters is 1. The fourth-order valence-electron chi connectivity index (χ4n) is 3.82. The monoisotopic (exact) mass is 437 g/mol. The third-order valence-corrected chi connectivity index (χ3v) is 5.36. The summed E-state index contributed by atoms with van der Waals surface area (Å²) in [6.45, 7) is 0.446. The van der Waals surface area contributed by atoms with Crippen molar-refractivity contribution in [2.45, 2.75) is 12.5 Å². The number of urea groups is 1. The molecule has 2 N–H and O–H groups in total. The van der Waals surface area contributed by atoms with E-state index in [0.29, 0.717) is 24.5 Å². The zero-order valence-electron chi connectivity index (χ0n) is 17.9. The van der Waals surface area contributed by atoms with Crippen LogP contribution in [0.15, 0.2) is 43.0 Å². The van der Waals surface area contributed by atoms with E-state index in [4.69, 9.17) is 14.2 Å². The molecule has 1 aromatic carbocycles. The summed E-state index contributed by atoms with van der Waals surface area (Å²) >= 11 is 0. The Morgan fingerprint density at radius 1 is 1.19 bits per heavy atom. The Kier molecular flexibility index (Phi) is 5.93. The number of anilines is 1. The number of ether oxygens (including phenoxy) is 3. The van der Waals surface area contributed by atoms with Crippen molar-refractivity contribution >= 4 is 17.7 Å². The van der Waals surface area contributed by atoms with Crippen LogP contribution in [0, 0.1) is 0 Å². The first kappa shape index (κ1) is 21.2. The van der Waals surface area contributed by atoms with Gasteiger partial charge in [0.25, 0.3) is 0 Å². The third kappa shape index (κ3) is 3.82. The molecule has 0 aliphatic carbocycles. The molecule has 4 rings (SSSR count). The first-order valence-electron chi connectivity index (χ1n) is 9.91. The predicted octanol–water partition coefficient (Wildman–Crippen LogP) is 2.79. The average Bonchev–Trinajstić information content (AvgIpc) is 3.32. The second-order valence-electron chi connectivity index (χ2n) is 7.07. The number of hydrogen-bond acceptors (Lipinski definition) is 7. The number of amides is 2. The highest BCUT2D eigenvalue weighted by atomic mass is 16.5. The van der Waals surface area contributed by atoms with Crippen molar-refractivity contribution in [3.8, 4) is 11.5 Å². The quantitative estimate of drug-likeness (QED) is 0.589. The van der Waals surface area contributed by atoms with Gasteiger partial charge in [-0.15, -0.1) is 0 Å². The Morgan fingerprint density at radius 2 is 1.97 bits per heavy atom. The van der Waals surface area contributed by atoms with Gasteiger partial charge in [-0.1, -0.05) is 6.07 Å². The van der Waals surface area contributed by atoms with E-state index in [1.807, 2.05) is 12.1 Å². The van der Waals surface area contributed by atoms with Gasteiger partial charge in [-0.2, -0.15) is 0 Å². The van der Waals surface area contributed by atoms with Crippen LogP contribution in [0.2, 0.25) is 0 Å². The van der Waals surface area contributed by atoms with E-state index < -0.39 is 18.0 Å². The number of nitrogens with one attached hydrogen (secondary N) is 2. The van der Waals surface area contributed by atoms with Crippen LogP contribution in [0.3, 0.4) is 0 Å². The SMILES string of the molecule is COC(=O)c1cc(OC)c(OC)cc1NC(=O)N1CCc2[nH]cnc2[C@H]1c1cccnc1. The topological polar surface area (TPSA) is 119 Å². The van der Waals surface area contributed by atoms with Gasteiger partial charge in [-0.25, -0.2) is 14.6 Å². The molecular weight excluding hydrogens is 414 g/mol. The maximum absolute atomic E-state index is 13.4. The summed E-state index contributed by atoms with van der Waals surface area (Å²) in [6, 6.07) is 5.89. The molecule has 0 bridgehead atoms. The smallest absolute Gasteiger partial charge is 0.340 e. The number of methoxy groups -OCH3 is 3. The van der Waals surface area contributed by atoms with Crippen LogP contribution < -0.4 is 14.8 Å². The van der Waals surface area contributed by atoms with Crippen LogP contribution in [-0.2, 0) is 11.2 Å². The fourth-order valence-corrected chi connectivity index (χ4v) is 3.82. The molecule has 1 aliphatic heterocycles. The minimum atomic E-state index is -0.613. The van der Waals surface area contributed by atoms with E-state index in [2.05, 4.69) is 20.3 Å². The van der Waals surface area contributed by atoms with E-state index in [1.165, 1.54) is 33.5 Å². The summed E-state index contributed by atoms with van der Waals surface area (Å²) < 4.78 is 15.5. The Hall–Kier alpha value is -4.08. The van der Waals surface area contributed by atoms with Gasteiger partial charge >= 0.3 is 12.0 Å². The highest BCUT2D eigenvalue weighted by Crippen LogP contribution is 2.36. The van der Waals surface area contributed by atoms with Crippen molar-refractivity contribution in [2.75, 3.05) is 33.2 Å². The van der Waals surface area contributed by atoms with Crippen molar-refractivity contribution in [3.63, 3.8) is 0 Å². The van der Waals surface area contributed by atoms with Crippen LogP contribution >= 0.6 is 0 Å². The fraction of sp³-hybridized carbons (Fsp3) is 0.273. The van der Waals surface area contributed by atoms with Gasteiger partial charge in [-0.05, 0) is 11.6 Å². The molecule has 0 fully saturated rings. The van der Waals surface area contributed by atoms with E-state index in [1.54, 1.807) is 23.6 Å². The van der Waals surface area contributed by atoms with Gasteiger partial charge in [0.1, 0.15) is 6.04 Å². The predicted molar refractivity (Wildman–Crippen MR) is 115 cm³/mol. The molecule has 3 heterocycles. The molecule has 0 radical (unpaired) electrons. The molecule has 0 saturated carbocycles. The maximum atomic E-state index is 13.4. The molecule has 2 aromatic heterocycles. The molecule has 166 valence electrons. The Balaban J connectivity index is 1.71. The number of hydrogen-bond donors (Lipinski definition) is 2. The minimum Gasteiger partial charge on any atom is -0.493 e. The van der Waals surface area contributed by atoms with Crippen molar-refractivity contribution in [1.29, 1.82) is 0 Å². The second-order valence-corrected chi connectivity index (χ2v) is 7.07. The van der Waals surface area contributed by atoms with E-state index in [0.717, 1.165) is 17.0 Å². The van der Waals surface area contributed by atoms with E-state index in [-0.39, 0.29) is 11.3 Å². The molecule has 1 atom stereocenters. The van der Waals surface area contributed by atoms with Gasteiger partial charge in [-0.3, -0.25) is 4.98 Å². The second kappa shape index (κ2) is 8.96. The van der Waals surface area contributed by atoms with Gasteiger partial charge in [0.05, 0.1) is 44.6 Å². The summed E-state index contributed by atoms with van der Waals surface area (Å²) in [4.78, 5) is 39.3. The van der Waals surface area contributed by atoms with Gasteiger partial charge in [0, 0.05) is 43.2 Å². The molecule has 0 spiro atoms. The van der Waals surface area contributed by atoms with Gasteiger partial charge in [0.2, 0.25) is 0 Å². The van der Waals surface area contributed by atoms with Crippen LogP contribution in [0.5, 0.6) is 11.5 Å². The third-order valence-electron chi connectivity index (χ3n) is 5.36. The van der Waals surface area contributed by atoms with Crippen molar-refractivity contribution in [3.05, 3.63) is 65.5 Å². The van der Waals surface area contributed by atoms with Crippen molar-refractivity contribution in [1.82, 2.24) is 19.9 Å². The number of rotatable bonds is 5. The number of nitrogens with zero attached hydrogens (tertiary/aromatic N) is 3. The standard InChI is InChI=1S/C22H23N5O5/c1-30-17-9-14(21(28)32-3)16(10-18(17)31-2)26-22(29)27-8-6-15-19(25-12-24-15)20(27)13-5-4-7-23-11-13/h4-5,7,9-12,20H,6,8H2,1-3H3,(H,24,25)(H,26,29)/t20-/m1/s1. The molecule has 0 saturated heterocycles. The van der Waals surface area contributed by atoms with E-state index >= 15 is 0 Å². The Bertz CT molecular complexity index is 1130. The number of imidazole rings is 1. The molecular formula is C22H23N5O5. The molecule has 1 aliphatic rings. The number of aromatic amines is 1. The zero-order valence-corrected chi connectivity index (χ0v) is 17.9. The summed E-state index contributed by atoms with van der Waals surface area (Å²) in [7, 11) is 4.21. The number of benzene rings is 1. The average molecular weight is 437 g/mol. The van der Waals surface area contributed by atoms with Crippen molar-refractivity contribution < 1.29 is 23.8 Å². The number of H-pyrrole nitrogens is 1. The number of carbonyl (C=O) groups excluding carboxylic acids is 2. The lowest BCUT2D eigenvalue weighted by molar-refractivity contribution is 0.0601. The molecule has 32 heavy (non-hydrogen) atoms. The van der Waals surface area contributed by atoms with Crippen LogP contribution in [0.4, 0.5) is 10.5 Å². The van der Waals surface area contributed by atoms with Crippen LogP contribution in [0.25, 0.3) is 0 Å². The summed E-state index contributed by atoms with van der Waals surface area (Å²) in [6.07, 6.45) is 5.63. The first-order valence-corrected chi connectivity index (χ1v) is 9.91. The Labute approximate surface area is 184 Å². The van der Waals surface area contributed by atoms with Gasteiger partial charge < -0.3 is 29.4 Å². The number of carbonyl (C=O) groups is 2. The minimum absolute atomic E-state index is 0.147. The number of aromatic nitrogens is 3. The largest absolute Gasteiger partial charge is 0.493 e. The summed E-state index contributed by atoms with van der Waals surface area (Å²) in [5.41, 5.74) is 2.96. The van der Waals surface area contributed by atoms with Crippen LogP contribution in [-0.4, -0.2) is 59.7 Å². The number of fused-ring (bicyclic) bond motifs is 1. The highest BCUT2D eigenvalue weighted by Gasteiger charge is 2.35. The molecule has 3 aromatic rings. The molecule has 10 heteroatoms. The molecule has 10 nitrogen and oxygen atoms in total. The lowest BCUT2D eigenvalue weighted by Gasteiger charge is -2.35. The van der Waals surface area contributed by atoms with Gasteiger partial charge in [0.15, 0.2) is 11.5 Å². The summed E-state index contributed by atoms with van der Waals surface area (Å²) in [5, 5.41) is 2.84. The van der Waals surface area contributed by atoms with Crippen molar-refractivity contribution in [2.24, 2.45) is 0 Å².